The van der Waals surface area contributed by atoms with E-state index in [9.17, 15) is 22.8 Å². The molecule has 1 aromatic rings. The van der Waals surface area contributed by atoms with E-state index in [1.165, 1.54) is 18.3 Å². The van der Waals surface area contributed by atoms with Crippen molar-refractivity contribution in [2.45, 2.75) is 56.8 Å². The van der Waals surface area contributed by atoms with Crippen LogP contribution in [0.3, 0.4) is 0 Å². The van der Waals surface area contributed by atoms with Crippen LogP contribution in [-0.4, -0.2) is 29.0 Å². The van der Waals surface area contributed by atoms with Gasteiger partial charge in [0.2, 0.25) is 11.8 Å². The summed E-state index contributed by atoms with van der Waals surface area (Å²) in [5, 5.41) is 4.74. The van der Waals surface area contributed by atoms with Crippen LogP contribution in [0.15, 0.2) is 24.5 Å². The lowest BCUT2D eigenvalue weighted by Gasteiger charge is -2.21. The van der Waals surface area contributed by atoms with E-state index in [0.717, 1.165) is 31.9 Å². The molecule has 0 saturated heterocycles. The van der Waals surface area contributed by atoms with Crippen LogP contribution < -0.4 is 10.6 Å². The van der Waals surface area contributed by atoms with Crippen molar-refractivity contribution in [1.82, 2.24) is 15.6 Å². The largest absolute Gasteiger partial charge is 0.412 e. The van der Waals surface area contributed by atoms with Gasteiger partial charge in [0.1, 0.15) is 0 Å². The number of aromatic nitrogens is 1. The van der Waals surface area contributed by atoms with Gasteiger partial charge in [0.15, 0.2) is 6.04 Å². The molecule has 0 radical (unpaired) electrons. The molecule has 0 spiro atoms. The molecule has 8 heteroatoms. The van der Waals surface area contributed by atoms with Gasteiger partial charge in [-0.25, -0.2) is 0 Å². The number of nitrogens with zero attached hydrogens (tertiary/aromatic N) is 1. The number of alkyl halides is 3. The third-order valence-electron chi connectivity index (χ3n) is 3.95. The molecule has 0 unspecified atom stereocenters. The molecule has 2 rings (SSSR count). The zero-order valence-corrected chi connectivity index (χ0v) is 13.1. The minimum Gasteiger partial charge on any atom is -0.353 e. The van der Waals surface area contributed by atoms with Gasteiger partial charge in [-0.1, -0.05) is 18.9 Å². The summed E-state index contributed by atoms with van der Waals surface area (Å²) in [5.41, 5.74) is -0.145. The quantitative estimate of drug-likeness (QED) is 0.834. The molecule has 2 N–H and O–H groups in total. The molecule has 0 aliphatic heterocycles. The fourth-order valence-electron chi connectivity index (χ4n) is 2.73. The SMILES string of the molecule is O=C(CCC(=O)N[C@@H](c1cccnc1)C(F)(F)F)NC1CCCC1. The highest BCUT2D eigenvalue weighted by molar-refractivity contribution is 5.84. The van der Waals surface area contributed by atoms with E-state index < -0.39 is 18.1 Å². The third kappa shape index (κ3) is 5.50. The minimum absolute atomic E-state index is 0.124. The Morgan fingerprint density at radius 2 is 1.88 bits per heavy atom. The monoisotopic (exact) mass is 343 g/mol. The summed E-state index contributed by atoms with van der Waals surface area (Å²) in [6.07, 6.45) is 1.31. The standard InChI is InChI=1S/C16H20F3N3O2/c17-16(18,19)15(11-4-3-9-20-10-11)22-14(24)8-7-13(23)21-12-5-1-2-6-12/h3-4,9-10,12,15H,1-2,5-8H2,(H,21,23)(H,22,24)/t15-/m0/s1. The lowest BCUT2D eigenvalue weighted by molar-refractivity contribution is -0.163. The summed E-state index contributed by atoms with van der Waals surface area (Å²) in [7, 11) is 0. The van der Waals surface area contributed by atoms with E-state index in [1.807, 2.05) is 5.32 Å². The summed E-state index contributed by atoms with van der Waals surface area (Å²) in [5.74, 6) is -1.12. The van der Waals surface area contributed by atoms with E-state index >= 15 is 0 Å². The predicted molar refractivity (Wildman–Crippen MR) is 80.8 cm³/mol. The Bertz CT molecular complexity index is 557. The Balaban J connectivity index is 1.85. The second-order valence-electron chi connectivity index (χ2n) is 5.88. The van der Waals surface area contributed by atoms with Crippen LogP contribution in [-0.2, 0) is 9.59 Å². The van der Waals surface area contributed by atoms with Crippen LogP contribution in [0, 0.1) is 0 Å². The number of carbonyl (C=O) groups is 2. The van der Waals surface area contributed by atoms with Crippen molar-refractivity contribution in [3.05, 3.63) is 30.1 Å². The molecule has 1 saturated carbocycles. The van der Waals surface area contributed by atoms with E-state index in [2.05, 4.69) is 10.3 Å². The second kappa shape index (κ2) is 8.12. The van der Waals surface area contributed by atoms with Gasteiger partial charge in [0, 0.05) is 36.8 Å². The van der Waals surface area contributed by atoms with Crippen molar-refractivity contribution in [2.75, 3.05) is 0 Å². The first-order chi connectivity index (χ1) is 11.4. The van der Waals surface area contributed by atoms with Gasteiger partial charge < -0.3 is 10.6 Å². The van der Waals surface area contributed by atoms with E-state index in [1.54, 1.807) is 0 Å². The maximum absolute atomic E-state index is 13.1. The molecule has 1 aromatic heterocycles. The molecule has 1 aliphatic carbocycles. The average Bonchev–Trinajstić information content (AvgIpc) is 3.03. The highest BCUT2D eigenvalue weighted by Crippen LogP contribution is 2.32. The molecule has 132 valence electrons. The van der Waals surface area contributed by atoms with Crippen LogP contribution in [0.4, 0.5) is 13.2 Å². The fraction of sp³-hybridized carbons (Fsp3) is 0.562. The zero-order valence-electron chi connectivity index (χ0n) is 13.1. The number of hydrogen-bond donors (Lipinski definition) is 2. The Kier molecular flexibility index (Phi) is 6.16. The number of hydrogen-bond acceptors (Lipinski definition) is 3. The first-order valence-corrected chi connectivity index (χ1v) is 7.91. The van der Waals surface area contributed by atoms with Gasteiger partial charge in [-0.3, -0.25) is 14.6 Å². The van der Waals surface area contributed by atoms with Crippen LogP contribution in [0.2, 0.25) is 0 Å². The summed E-state index contributed by atoms with van der Waals surface area (Å²) in [4.78, 5) is 27.2. The van der Waals surface area contributed by atoms with Gasteiger partial charge >= 0.3 is 6.18 Å². The number of halogens is 3. The zero-order chi connectivity index (χ0) is 17.6. The summed E-state index contributed by atoms with van der Waals surface area (Å²) < 4.78 is 39.3. The van der Waals surface area contributed by atoms with Crippen molar-refractivity contribution >= 4 is 11.8 Å². The number of nitrogens with one attached hydrogen (secondary N) is 2. The molecule has 0 bridgehead atoms. The van der Waals surface area contributed by atoms with Gasteiger partial charge in [0.05, 0.1) is 0 Å². The summed E-state index contributed by atoms with van der Waals surface area (Å²) in [6.45, 7) is 0. The molecular formula is C16H20F3N3O2. The minimum atomic E-state index is -4.63. The first kappa shape index (κ1) is 18.2. The topological polar surface area (TPSA) is 71.1 Å². The van der Waals surface area contributed by atoms with Crippen molar-refractivity contribution < 1.29 is 22.8 Å². The second-order valence-corrected chi connectivity index (χ2v) is 5.88. The number of carbonyl (C=O) groups excluding carboxylic acids is 2. The number of amides is 2. The van der Waals surface area contributed by atoms with E-state index in [0.29, 0.717) is 0 Å². The van der Waals surface area contributed by atoms with Crippen molar-refractivity contribution in [1.29, 1.82) is 0 Å². The Hall–Kier alpha value is -2.12. The maximum Gasteiger partial charge on any atom is 0.412 e. The average molecular weight is 343 g/mol. The van der Waals surface area contributed by atoms with Crippen LogP contribution >= 0.6 is 0 Å². The van der Waals surface area contributed by atoms with Gasteiger partial charge in [-0.15, -0.1) is 0 Å². The number of pyridine rings is 1. The van der Waals surface area contributed by atoms with Crippen molar-refractivity contribution in [3.63, 3.8) is 0 Å². The van der Waals surface area contributed by atoms with Crippen LogP contribution in [0.5, 0.6) is 0 Å². The molecule has 1 fully saturated rings. The molecule has 1 heterocycles. The van der Waals surface area contributed by atoms with Gasteiger partial charge in [0.25, 0.3) is 0 Å². The highest BCUT2D eigenvalue weighted by atomic mass is 19.4. The lowest BCUT2D eigenvalue weighted by atomic mass is 10.1. The van der Waals surface area contributed by atoms with Crippen molar-refractivity contribution in [2.24, 2.45) is 0 Å². The maximum atomic E-state index is 13.1. The molecule has 1 atom stereocenters. The Labute approximate surface area is 138 Å². The lowest BCUT2D eigenvalue weighted by Crippen LogP contribution is -2.39. The Morgan fingerprint density at radius 3 is 2.46 bits per heavy atom. The first-order valence-electron chi connectivity index (χ1n) is 7.91. The third-order valence-corrected chi connectivity index (χ3v) is 3.95. The predicted octanol–water partition coefficient (Wildman–Crippen LogP) is 2.64. The smallest absolute Gasteiger partial charge is 0.353 e. The summed E-state index contributed by atoms with van der Waals surface area (Å²) in [6, 6.07) is 0.614. The van der Waals surface area contributed by atoms with Gasteiger partial charge in [-0.05, 0) is 18.9 Å². The summed E-state index contributed by atoms with van der Waals surface area (Å²) >= 11 is 0. The fourth-order valence-corrected chi connectivity index (χ4v) is 2.73. The van der Waals surface area contributed by atoms with Crippen molar-refractivity contribution in [3.8, 4) is 0 Å². The number of rotatable bonds is 6. The normalized spacial score (nSPS) is 16.6. The van der Waals surface area contributed by atoms with E-state index in [4.69, 9.17) is 0 Å². The van der Waals surface area contributed by atoms with Crippen LogP contribution in [0.25, 0.3) is 0 Å². The molecule has 2 amide bonds. The molecule has 0 aromatic carbocycles. The molecular weight excluding hydrogens is 323 g/mol. The van der Waals surface area contributed by atoms with Gasteiger partial charge in [-0.2, -0.15) is 13.2 Å². The molecule has 1 aliphatic rings. The Morgan fingerprint density at radius 1 is 1.21 bits per heavy atom. The highest BCUT2D eigenvalue weighted by Gasteiger charge is 2.42. The van der Waals surface area contributed by atoms with E-state index in [-0.39, 0.29) is 30.4 Å². The molecule has 24 heavy (non-hydrogen) atoms. The molecule has 5 nitrogen and oxygen atoms in total. The van der Waals surface area contributed by atoms with Crippen LogP contribution in [0.1, 0.15) is 50.1 Å².